The van der Waals surface area contributed by atoms with Crippen LogP contribution in [0.2, 0.25) is 0 Å². The van der Waals surface area contributed by atoms with E-state index in [9.17, 15) is 0 Å². The molecule has 11 heteroatoms. The minimum Gasteiger partial charge on any atom is -0.461 e. The van der Waals surface area contributed by atoms with Gasteiger partial charge in [0.1, 0.15) is 29.8 Å². The topological polar surface area (TPSA) is 89.6 Å². The van der Waals surface area contributed by atoms with Crippen LogP contribution in [0.15, 0.2) is 36.5 Å². The molecule has 45 heavy (non-hydrogen) atoms. The molecule has 2 aromatic carbocycles. The number of halogens is 3. The Labute approximate surface area is 267 Å². The molecule has 2 aromatic heterocycles. The number of nitrogens with zero attached hydrogens (tertiary/aromatic N) is 5. The van der Waals surface area contributed by atoms with Crippen molar-refractivity contribution in [3.63, 3.8) is 0 Å². The molecule has 3 saturated heterocycles. The van der Waals surface area contributed by atoms with Crippen molar-refractivity contribution in [3.05, 3.63) is 47.9 Å². The SMILES string of the molecule is [2H]C([2H])(Oc1nc(N2CCOC[C@H]3[C@H](Cl)[C@H]32)c2cnc(-c3cc(N)cc4cccc(C#C)c34)c(F)c2n1)[C@@]12CCCN1[C@H](C)[C@H](F)C2. The third kappa shape index (κ3) is 4.50. The normalized spacial score (nSPS) is 30.4. The monoisotopic (exact) mass is 632 g/mol. The van der Waals surface area contributed by atoms with Crippen molar-refractivity contribution in [2.45, 2.75) is 55.4 Å². The number of alkyl halides is 2. The largest absolute Gasteiger partial charge is 0.461 e. The Hall–Kier alpha value is -3.78. The van der Waals surface area contributed by atoms with Gasteiger partial charge in [0.15, 0.2) is 5.82 Å². The number of anilines is 2. The molecule has 8 nitrogen and oxygen atoms in total. The molecule has 0 spiro atoms. The van der Waals surface area contributed by atoms with Gasteiger partial charge in [0.2, 0.25) is 0 Å². The Morgan fingerprint density at radius 3 is 3.02 bits per heavy atom. The lowest BCUT2D eigenvalue weighted by Crippen LogP contribution is -2.46. The second-order valence-corrected chi connectivity index (χ2v) is 13.0. The van der Waals surface area contributed by atoms with Crippen LogP contribution in [0.5, 0.6) is 6.01 Å². The standard InChI is InChI=1S/C34H33ClF2N6O2/c1-3-19-6-4-7-20-12-21(38)13-22(26(19)20)29-28(37)30-23(15-39-29)32(42-10-11-44-16-24-27(35)31(24)42)41-33(40-30)45-17-34-8-5-9-43(34)18(2)25(36)14-34/h1,4,6-7,12-13,15,18,24-25,27,31H,5,8-11,14,16-17,38H2,2H3/t18-,24+,25-,27+,31+,34+/m1/s1/i17D2. The van der Waals surface area contributed by atoms with Gasteiger partial charge in [-0.15, -0.1) is 18.0 Å². The smallest absolute Gasteiger partial charge is 0.319 e. The minimum atomic E-state index is -2.39. The summed E-state index contributed by atoms with van der Waals surface area (Å²) < 4.78 is 62.1. The summed E-state index contributed by atoms with van der Waals surface area (Å²) in [4.78, 5) is 17.6. The van der Waals surface area contributed by atoms with Crippen LogP contribution < -0.4 is 15.4 Å². The molecule has 0 radical (unpaired) electrons. The summed E-state index contributed by atoms with van der Waals surface area (Å²) in [5, 5.41) is 1.44. The Balaban J connectivity index is 1.31. The van der Waals surface area contributed by atoms with Crippen LogP contribution in [0.1, 0.15) is 34.5 Å². The summed E-state index contributed by atoms with van der Waals surface area (Å²) in [5.74, 6) is 2.26. The molecule has 4 aromatic rings. The summed E-state index contributed by atoms with van der Waals surface area (Å²) >= 11 is 6.67. The average Bonchev–Trinajstić information content (AvgIpc) is 3.44. The fraction of sp³-hybridized carbons (Fsp3) is 0.441. The van der Waals surface area contributed by atoms with E-state index in [0.717, 1.165) is 5.39 Å². The summed E-state index contributed by atoms with van der Waals surface area (Å²) in [7, 11) is 0. The van der Waals surface area contributed by atoms with Gasteiger partial charge in [0.25, 0.3) is 0 Å². The maximum atomic E-state index is 17.0. The van der Waals surface area contributed by atoms with E-state index in [0.29, 0.717) is 72.5 Å². The quantitative estimate of drug-likeness (QED) is 0.179. The van der Waals surface area contributed by atoms with Gasteiger partial charge in [0.05, 0.1) is 38.3 Å². The van der Waals surface area contributed by atoms with Gasteiger partial charge < -0.3 is 20.1 Å². The highest BCUT2D eigenvalue weighted by Gasteiger charge is 2.55. The molecule has 4 aliphatic rings. The molecule has 8 rings (SSSR count). The maximum Gasteiger partial charge on any atom is 0.319 e. The van der Waals surface area contributed by atoms with Crippen molar-refractivity contribution < 1.29 is 21.0 Å². The van der Waals surface area contributed by atoms with Crippen molar-refractivity contribution in [2.24, 2.45) is 5.92 Å². The van der Waals surface area contributed by atoms with Crippen LogP contribution in [-0.2, 0) is 4.74 Å². The molecule has 1 aliphatic carbocycles. The molecule has 0 unspecified atom stereocenters. The highest BCUT2D eigenvalue weighted by Crippen LogP contribution is 2.47. The third-order valence-electron chi connectivity index (χ3n) is 9.92. The fourth-order valence-corrected chi connectivity index (χ4v) is 8.07. The van der Waals surface area contributed by atoms with E-state index in [-0.39, 0.29) is 41.0 Å². The number of hydrogen-bond acceptors (Lipinski definition) is 8. The van der Waals surface area contributed by atoms with E-state index in [2.05, 4.69) is 15.9 Å². The fourth-order valence-electron chi connectivity index (χ4n) is 7.61. The molecule has 0 amide bonds. The zero-order valence-corrected chi connectivity index (χ0v) is 25.4. The number of hydrogen-bond donors (Lipinski definition) is 1. The summed E-state index contributed by atoms with van der Waals surface area (Å²) in [6, 6.07) is 7.86. The van der Waals surface area contributed by atoms with E-state index in [4.69, 9.17) is 41.0 Å². The average molecular weight is 633 g/mol. The highest BCUT2D eigenvalue weighted by molar-refractivity contribution is 6.24. The van der Waals surface area contributed by atoms with Crippen molar-refractivity contribution in [1.82, 2.24) is 19.9 Å². The number of terminal acetylenes is 1. The van der Waals surface area contributed by atoms with Gasteiger partial charge in [-0.3, -0.25) is 9.88 Å². The van der Waals surface area contributed by atoms with Crippen LogP contribution in [0, 0.1) is 24.1 Å². The van der Waals surface area contributed by atoms with Crippen LogP contribution >= 0.6 is 11.6 Å². The second kappa shape index (κ2) is 10.6. The summed E-state index contributed by atoms with van der Waals surface area (Å²) in [6.07, 6.45) is 7.22. The first-order chi connectivity index (χ1) is 22.5. The predicted octanol–water partition coefficient (Wildman–Crippen LogP) is 5.33. The summed E-state index contributed by atoms with van der Waals surface area (Å²) in [5.41, 5.74) is 6.24. The van der Waals surface area contributed by atoms with Crippen LogP contribution in [0.4, 0.5) is 20.3 Å². The Morgan fingerprint density at radius 1 is 1.31 bits per heavy atom. The van der Waals surface area contributed by atoms with Crippen molar-refractivity contribution in [3.8, 4) is 29.6 Å². The van der Waals surface area contributed by atoms with E-state index >= 15 is 8.78 Å². The lowest BCUT2D eigenvalue weighted by molar-refractivity contribution is 0.0879. The highest BCUT2D eigenvalue weighted by atomic mass is 35.5. The zero-order chi connectivity index (χ0) is 32.8. The number of nitrogens with two attached hydrogens (primary N) is 1. The van der Waals surface area contributed by atoms with Crippen molar-refractivity contribution in [2.75, 3.05) is 43.5 Å². The molecular formula is C34H33ClF2N6O2. The number of aromatic nitrogens is 3. The third-order valence-corrected chi connectivity index (χ3v) is 10.5. The van der Waals surface area contributed by atoms with Crippen LogP contribution in [0.3, 0.4) is 0 Å². The van der Waals surface area contributed by atoms with Crippen molar-refractivity contribution >= 4 is 44.8 Å². The van der Waals surface area contributed by atoms with Gasteiger partial charge >= 0.3 is 6.01 Å². The van der Waals surface area contributed by atoms with Gasteiger partial charge in [-0.25, -0.2) is 8.78 Å². The minimum absolute atomic E-state index is 0.0226. The number of nitrogen functional groups attached to an aromatic ring is 1. The number of pyridine rings is 1. The van der Waals surface area contributed by atoms with Gasteiger partial charge in [0, 0.05) is 53.3 Å². The molecule has 3 aliphatic heterocycles. The molecule has 1 saturated carbocycles. The molecule has 2 N–H and O–H groups in total. The Morgan fingerprint density at radius 2 is 2.18 bits per heavy atom. The Kier molecular flexibility index (Phi) is 6.26. The number of rotatable bonds is 5. The van der Waals surface area contributed by atoms with E-state index in [1.807, 2.05) is 21.9 Å². The molecule has 5 heterocycles. The first-order valence-corrected chi connectivity index (χ1v) is 15.7. The molecular weight excluding hydrogens is 598 g/mol. The van der Waals surface area contributed by atoms with Crippen LogP contribution in [0.25, 0.3) is 32.9 Å². The molecule has 6 atom stereocenters. The van der Waals surface area contributed by atoms with E-state index < -0.39 is 30.1 Å². The first-order valence-electron chi connectivity index (χ1n) is 16.3. The first kappa shape index (κ1) is 26.4. The van der Waals surface area contributed by atoms with Gasteiger partial charge in [-0.05, 0) is 49.9 Å². The summed E-state index contributed by atoms with van der Waals surface area (Å²) in [6.45, 7) is 1.23. The zero-order valence-electron chi connectivity index (χ0n) is 26.6. The van der Waals surface area contributed by atoms with Crippen molar-refractivity contribution in [1.29, 1.82) is 0 Å². The second-order valence-electron chi connectivity index (χ2n) is 12.5. The number of benzene rings is 2. The molecule has 232 valence electrons. The Bertz CT molecular complexity index is 1980. The van der Waals surface area contributed by atoms with E-state index in [1.54, 1.807) is 25.1 Å². The lowest BCUT2D eigenvalue weighted by atomic mass is 9.94. The van der Waals surface area contributed by atoms with E-state index in [1.165, 1.54) is 6.20 Å². The number of ether oxygens (including phenoxy) is 2. The predicted molar refractivity (Wildman–Crippen MR) is 171 cm³/mol. The van der Waals surface area contributed by atoms with Gasteiger partial charge in [-0.2, -0.15) is 9.97 Å². The number of fused-ring (bicyclic) bond motifs is 4. The lowest BCUT2D eigenvalue weighted by Gasteiger charge is -2.33. The van der Waals surface area contributed by atoms with Gasteiger partial charge in [-0.1, -0.05) is 18.1 Å². The van der Waals surface area contributed by atoms with Crippen LogP contribution in [-0.4, -0.2) is 81.9 Å². The molecule has 0 bridgehead atoms. The maximum absolute atomic E-state index is 17.0. The molecule has 4 fully saturated rings.